The molecule has 9 nitrogen and oxygen atoms in total. The smallest absolute Gasteiger partial charge is 0.313 e. The van der Waals surface area contributed by atoms with Crippen molar-refractivity contribution in [1.29, 1.82) is 0 Å². The first kappa shape index (κ1) is 29.6. The molecule has 0 spiro atoms. The summed E-state index contributed by atoms with van der Waals surface area (Å²) >= 11 is 0. The van der Waals surface area contributed by atoms with Crippen LogP contribution in [0.5, 0.6) is 0 Å². The Morgan fingerprint density at radius 3 is 2.62 bits per heavy atom. The van der Waals surface area contributed by atoms with Crippen LogP contribution < -0.4 is 0 Å². The number of hydrogen-bond donors (Lipinski definition) is 1. The van der Waals surface area contributed by atoms with Gasteiger partial charge in [0.15, 0.2) is 5.78 Å². The topological polar surface area (TPSA) is 125 Å². The molecule has 6 aliphatic carbocycles. The molecule has 9 rings (SSSR count). The van der Waals surface area contributed by atoms with Crippen LogP contribution in [0.2, 0.25) is 0 Å². The Labute approximate surface area is 274 Å². The Morgan fingerprint density at radius 1 is 0.979 bits per heavy atom. The number of rotatable bonds is 5. The van der Waals surface area contributed by atoms with Crippen LogP contribution in [0, 0.1) is 52.3 Å². The van der Waals surface area contributed by atoms with Crippen LogP contribution in [0.25, 0.3) is 11.0 Å². The highest BCUT2D eigenvalue weighted by molar-refractivity contribution is 5.91. The minimum absolute atomic E-state index is 0.0333. The summed E-state index contributed by atoms with van der Waals surface area (Å²) in [5.74, 6) is -0.483. The predicted molar refractivity (Wildman–Crippen MR) is 169 cm³/mol. The lowest BCUT2D eigenvalue weighted by Gasteiger charge is -2.59. The van der Waals surface area contributed by atoms with Crippen LogP contribution in [0.1, 0.15) is 84.4 Å². The van der Waals surface area contributed by atoms with E-state index in [0.717, 1.165) is 56.0 Å². The zero-order valence-electron chi connectivity index (χ0n) is 27.5. The quantitative estimate of drug-likeness (QED) is 0.328. The molecule has 0 radical (unpaired) electrons. The van der Waals surface area contributed by atoms with Gasteiger partial charge in [0, 0.05) is 23.7 Å². The summed E-state index contributed by atoms with van der Waals surface area (Å²) in [4.78, 5) is 60.5. The molecule has 1 aromatic heterocycles. The van der Waals surface area contributed by atoms with Gasteiger partial charge in [-0.05, 0) is 99.7 Å². The fourth-order valence-electron chi connectivity index (χ4n) is 12.1. The van der Waals surface area contributed by atoms with Crippen molar-refractivity contribution in [1.82, 2.24) is 9.97 Å². The molecule has 2 bridgehead atoms. The number of esters is 3. The van der Waals surface area contributed by atoms with Gasteiger partial charge in [-0.3, -0.25) is 19.2 Å². The maximum atomic E-state index is 14.3. The molecule has 5 saturated carbocycles. The number of fused-ring (bicyclic) bond motifs is 7. The SMILES string of the molecule is CC1(OC(=O)C2C3CC4C(OC(=O)C42)C3OC(=O)Cc2nc3ccccc3[nH]2)CC[C@H]2C3CCC4=CC(=O)CC[C@]4(C)[C@H]3CC[C@@]21C. The minimum Gasteiger partial charge on any atom is -0.459 e. The monoisotopic (exact) mass is 640 g/mol. The molecule has 1 aliphatic heterocycles. The van der Waals surface area contributed by atoms with Crippen molar-refractivity contribution in [3.8, 4) is 0 Å². The number of carbonyl (C=O) groups is 4. The minimum atomic E-state index is -0.674. The van der Waals surface area contributed by atoms with Crippen LogP contribution in [-0.4, -0.2) is 51.5 Å². The van der Waals surface area contributed by atoms with Gasteiger partial charge in [0.1, 0.15) is 30.1 Å². The van der Waals surface area contributed by atoms with Crippen molar-refractivity contribution >= 4 is 34.7 Å². The van der Waals surface area contributed by atoms with Gasteiger partial charge in [-0.2, -0.15) is 0 Å². The maximum Gasteiger partial charge on any atom is 0.313 e. The number of imidazole rings is 1. The third-order valence-electron chi connectivity index (χ3n) is 14.7. The van der Waals surface area contributed by atoms with Crippen molar-refractivity contribution in [2.45, 2.75) is 103 Å². The maximum absolute atomic E-state index is 14.3. The standard InChI is InChI=1S/C38H44N2O7/c1-36-13-10-20(41)16-19(36)8-9-21-24(36)11-14-37(2)25(21)12-15-38(37,3)47-35(44)31-23-17-22-30(31)34(43)46-33(22)32(23)45-29(42)18-28-39-26-6-4-5-7-27(26)40-28/h4-7,16,21-25,30-33H,8-15,17-18H2,1-3H3,(H,39,40)/t21?,22?,23?,24-,25-,30?,31?,32?,33?,36-,37-,38?/m0/s1. The van der Waals surface area contributed by atoms with Crippen LogP contribution in [0.4, 0.5) is 0 Å². The van der Waals surface area contributed by atoms with E-state index in [-0.39, 0.29) is 46.8 Å². The summed E-state index contributed by atoms with van der Waals surface area (Å²) in [6.45, 7) is 6.84. The van der Waals surface area contributed by atoms with Crippen molar-refractivity contribution in [3.05, 3.63) is 41.7 Å². The van der Waals surface area contributed by atoms with Gasteiger partial charge in [-0.1, -0.05) is 31.6 Å². The van der Waals surface area contributed by atoms with E-state index in [1.165, 1.54) is 5.57 Å². The van der Waals surface area contributed by atoms with Gasteiger partial charge in [-0.15, -0.1) is 0 Å². The normalized spacial score (nSPS) is 44.4. The second kappa shape index (κ2) is 10.0. The molecule has 2 aromatic rings. The van der Waals surface area contributed by atoms with Crippen molar-refractivity contribution < 1.29 is 33.4 Å². The van der Waals surface area contributed by atoms with Gasteiger partial charge in [0.05, 0.1) is 22.9 Å². The van der Waals surface area contributed by atoms with Crippen LogP contribution in [0.3, 0.4) is 0 Å². The van der Waals surface area contributed by atoms with E-state index in [1.807, 2.05) is 30.3 Å². The first-order valence-electron chi connectivity index (χ1n) is 17.8. The van der Waals surface area contributed by atoms with Gasteiger partial charge in [0.2, 0.25) is 0 Å². The molecular weight excluding hydrogens is 596 g/mol. The van der Waals surface area contributed by atoms with E-state index in [4.69, 9.17) is 14.2 Å². The number of nitrogens with zero attached hydrogens (tertiary/aromatic N) is 1. The van der Waals surface area contributed by atoms with Gasteiger partial charge in [-0.25, -0.2) is 4.98 Å². The summed E-state index contributed by atoms with van der Waals surface area (Å²) in [5.41, 5.74) is 2.27. The fourth-order valence-corrected chi connectivity index (χ4v) is 12.1. The van der Waals surface area contributed by atoms with E-state index in [0.29, 0.717) is 36.4 Å². The van der Waals surface area contributed by atoms with E-state index < -0.39 is 35.6 Å². The number of hydrogen-bond acceptors (Lipinski definition) is 8. The van der Waals surface area contributed by atoms with E-state index >= 15 is 0 Å². The number of H-pyrrole nitrogens is 1. The van der Waals surface area contributed by atoms with Crippen LogP contribution in [-0.2, 0) is 39.8 Å². The zero-order valence-corrected chi connectivity index (χ0v) is 27.5. The summed E-state index contributed by atoms with van der Waals surface area (Å²) in [5, 5.41) is 0. The molecule has 8 unspecified atom stereocenters. The third-order valence-corrected chi connectivity index (χ3v) is 14.7. The molecule has 7 aliphatic rings. The lowest BCUT2D eigenvalue weighted by atomic mass is 9.46. The Balaban J connectivity index is 0.921. The average molecular weight is 641 g/mol. The Morgan fingerprint density at radius 2 is 1.79 bits per heavy atom. The number of benzene rings is 1. The summed E-state index contributed by atoms with van der Waals surface area (Å²) in [6, 6.07) is 7.59. The second-order valence-electron chi connectivity index (χ2n) is 16.5. The number of ketones is 1. The number of aromatic nitrogens is 2. The number of allylic oxidation sites excluding steroid dienone is 1. The van der Waals surface area contributed by atoms with Gasteiger partial charge < -0.3 is 19.2 Å². The summed E-state index contributed by atoms with van der Waals surface area (Å²) in [6.07, 6.45) is 8.88. The van der Waals surface area contributed by atoms with Crippen LogP contribution in [0.15, 0.2) is 35.9 Å². The van der Waals surface area contributed by atoms with Gasteiger partial charge in [0.25, 0.3) is 0 Å². The molecule has 0 amide bonds. The van der Waals surface area contributed by atoms with Gasteiger partial charge >= 0.3 is 17.9 Å². The Hall–Kier alpha value is -3.49. The molecule has 248 valence electrons. The lowest BCUT2D eigenvalue weighted by Crippen LogP contribution is -2.55. The Kier molecular flexibility index (Phi) is 6.32. The molecule has 6 fully saturated rings. The number of aromatic amines is 1. The number of nitrogens with one attached hydrogen (secondary N) is 1. The highest BCUT2D eigenvalue weighted by atomic mass is 16.6. The lowest BCUT2D eigenvalue weighted by molar-refractivity contribution is -0.191. The highest BCUT2D eigenvalue weighted by Gasteiger charge is 2.71. The van der Waals surface area contributed by atoms with Crippen molar-refractivity contribution in [2.75, 3.05) is 0 Å². The molecular formula is C38H44N2O7. The van der Waals surface area contributed by atoms with Crippen molar-refractivity contribution in [3.63, 3.8) is 0 Å². The number of ether oxygens (including phenoxy) is 3. The Bertz CT molecular complexity index is 1710. The molecule has 2 heterocycles. The summed E-state index contributed by atoms with van der Waals surface area (Å²) in [7, 11) is 0. The number of para-hydroxylation sites is 2. The van der Waals surface area contributed by atoms with E-state index in [2.05, 4.69) is 30.7 Å². The zero-order chi connectivity index (χ0) is 32.5. The molecule has 9 heteroatoms. The molecule has 1 aromatic carbocycles. The van der Waals surface area contributed by atoms with Crippen LogP contribution >= 0.6 is 0 Å². The van der Waals surface area contributed by atoms with Crippen molar-refractivity contribution in [2.24, 2.45) is 52.3 Å². The number of carbonyl (C=O) groups excluding carboxylic acids is 4. The fraction of sp³-hybridized carbons (Fsp3) is 0.658. The second-order valence-corrected chi connectivity index (χ2v) is 16.5. The third kappa shape index (κ3) is 4.10. The largest absolute Gasteiger partial charge is 0.459 e. The molecule has 47 heavy (non-hydrogen) atoms. The first-order valence-corrected chi connectivity index (χ1v) is 17.8. The molecule has 1 N–H and O–H groups in total. The first-order chi connectivity index (χ1) is 22.5. The van der Waals surface area contributed by atoms with E-state index in [9.17, 15) is 19.2 Å². The molecule has 12 atom stereocenters. The summed E-state index contributed by atoms with van der Waals surface area (Å²) < 4.78 is 18.4. The molecule has 1 saturated heterocycles. The van der Waals surface area contributed by atoms with E-state index in [1.54, 1.807) is 0 Å². The predicted octanol–water partition coefficient (Wildman–Crippen LogP) is 5.66. The average Bonchev–Trinajstić information content (AvgIpc) is 3.81. The highest BCUT2D eigenvalue weighted by Crippen LogP contribution is 2.68.